The number of esters is 3. The van der Waals surface area contributed by atoms with Crippen LogP contribution >= 0.6 is 0 Å². The molecule has 386 valence electrons. The Bertz CT molecular complexity index is 1260. The van der Waals surface area contributed by atoms with E-state index in [9.17, 15) is 14.4 Å². The molecule has 0 aromatic heterocycles. The van der Waals surface area contributed by atoms with Crippen LogP contribution in [0.4, 0.5) is 0 Å². The molecule has 6 nitrogen and oxygen atoms in total. The van der Waals surface area contributed by atoms with Crippen LogP contribution in [0, 0.1) is 0 Å². The van der Waals surface area contributed by atoms with Gasteiger partial charge in [-0.15, -0.1) is 0 Å². The quantitative estimate of drug-likeness (QED) is 0.0262. The van der Waals surface area contributed by atoms with E-state index >= 15 is 0 Å². The molecule has 0 fully saturated rings. The van der Waals surface area contributed by atoms with Crippen molar-refractivity contribution in [2.45, 2.75) is 284 Å². The van der Waals surface area contributed by atoms with Gasteiger partial charge in [0.25, 0.3) is 0 Å². The van der Waals surface area contributed by atoms with Crippen LogP contribution in [0.5, 0.6) is 0 Å². The lowest BCUT2D eigenvalue weighted by molar-refractivity contribution is -0.167. The van der Waals surface area contributed by atoms with Crippen molar-refractivity contribution in [1.29, 1.82) is 0 Å². The highest BCUT2D eigenvalue weighted by Crippen LogP contribution is 2.15. The summed E-state index contributed by atoms with van der Waals surface area (Å²) >= 11 is 0. The molecule has 0 aromatic carbocycles. The van der Waals surface area contributed by atoms with Crippen molar-refractivity contribution >= 4 is 17.9 Å². The van der Waals surface area contributed by atoms with Gasteiger partial charge in [0.1, 0.15) is 13.2 Å². The van der Waals surface area contributed by atoms with Gasteiger partial charge in [0.15, 0.2) is 6.10 Å². The van der Waals surface area contributed by atoms with Gasteiger partial charge in [-0.05, 0) is 89.9 Å². The van der Waals surface area contributed by atoms with Crippen LogP contribution in [0.3, 0.4) is 0 Å². The zero-order chi connectivity index (χ0) is 48.6. The number of hydrogen-bond donors (Lipinski definition) is 0. The number of unbranched alkanes of at least 4 members (excludes halogenated alkanes) is 28. The van der Waals surface area contributed by atoms with Gasteiger partial charge in [0, 0.05) is 19.3 Å². The molecule has 0 radical (unpaired) electrons. The van der Waals surface area contributed by atoms with Crippen molar-refractivity contribution in [1.82, 2.24) is 0 Å². The molecule has 0 bridgehead atoms. The minimum atomic E-state index is -0.793. The van der Waals surface area contributed by atoms with E-state index in [1.54, 1.807) is 0 Å². The van der Waals surface area contributed by atoms with Crippen molar-refractivity contribution in [2.75, 3.05) is 13.2 Å². The number of hydrogen-bond acceptors (Lipinski definition) is 6. The first-order chi connectivity index (χ1) is 33.0. The molecule has 0 amide bonds. The Labute approximate surface area is 414 Å². The molecule has 0 rings (SSSR count). The van der Waals surface area contributed by atoms with E-state index in [1.165, 1.54) is 128 Å². The first kappa shape index (κ1) is 63.8. The molecule has 0 aliphatic rings. The molecular weight excluding hydrogens is 829 g/mol. The summed E-state index contributed by atoms with van der Waals surface area (Å²) in [6.07, 6.45) is 70.3. The normalized spacial score (nSPS) is 12.6. The third kappa shape index (κ3) is 53.7. The predicted octanol–water partition coefficient (Wildman–Crippen LogP) is 19.0. The molecule has 0 aliphatic carbocycles. The molecule has 6 heteroatoms. The number of allylic oxidation sites excluding steroid dienone is 12. The lowest BCUT2D eigenvalue weighted by atomic mass is 10.0. The predicted molar refractivity (Wildman–Crippen MR) is 288 cm³/mol. The van der Waals surface area contributed by atoms with Crippen molar-refractivity contribution in [3.05, 3.63) is 72.9 Å². The van der Waals surface area contributed by atoms with Gasteiger partial charge >= 0.3 is 17.9 Å². The van der Waals surface area contributed by atoms with E-state index < -0.39 is 6.10 Å². The summed E-state index contributed by atoms with van der Waals surface area (Å²) in [5.41, 5.74) is 0. The van der Waals surface area contributed by atoms with Crippen LogP contribution in [0.2, 0.25) is 0 Å². The molecule has 0 unspecified atom stereocenters. The van der Waals surface area contributed by atoms with E-state index in [0.29, 0.717) is 19.3 Å². The van der Waals surface area contributed by atoms with E-state index in [1.807, 2.05) is 0 Å². The SMILES string of the molecule is CCCC/C=C/C/C=C/CCCCCCCC(=O)OC[C@H](COC(=O)CCCCC/C=C/C/C=C/C/C=C/C/C=C/CCCCC)OC(=O)CCCCCCCCCCCCCCCCCC. The first-order valence-corrected chi connectivity index (χ1v) is 28.4. The maximum atomic E-state index is 12.8. The van der Waals surface area contributed by atoms with E-state index in [-0.39, 0.29) is 31.1 Å². The van der Waals surface area contributed by atoms with E-state index in [4.69, 9.17) is 14.2 Å². The van der Waals surface area contributed by atoms with Crippen LogP contribution < -0.4 is 0 Å². The second-order valence-electron chi connectivity index (χ2n) is 18.8. The smallest absolute Gasteiger partial charge is 0.306 e. The first-order valence-electron chi connectivity index (χ1n) is 28.4. The van der Waals surface area contributed by atoms with Gasteiger partial charge in [-0.25, -0.2) is 0 Å². The van der Waals surface area contributed by atoms with Crippen LogP contribution in [0.25, 0.3) is 0 Å². The van der Waals surface area contributed by atoms with Gasteiger partial charge in [-0.1, -0.05) is 241 Å². The molecule has 0 saturated heterocycles. The Kier molecular flexibility index (Phi) is 52.8. The molecule has 0 heterocycles. The summed E-state index contributed by atoms with van der Waals surface area (Å²) in [5, 5.41) is 0. The van der Waals surface area contributed by atoms with Crippen molar-refractivity contribution < 1.29 is 28.6 Å². The number of carbonyl (C=O) groups is 3. The highest BCUT2D eigenvalue weighted by atomic mass is 16.6. The van der Waals surface area contributed by atoms with Gasteiger partial charge < -0.3 is 14.2 Å². The zero-order valence-corrected chi connectivity index (χ0v) is 44.2. The molecule has 0 aromatic rings. The summed E-state index contributed by atoms with van der Waals surface area (Å²) in [4.78, 5) is 38.1. The van der Waals surface area contributed by atoms with Gasteiger partial charge in [-0.3, -0.25) is 14.4 Å². The fourth-order valence-electron chi connectivity index (χ4n) is 7.85. The minimum absolute atomic E-state index is 0.0913. The largest absolute Gasteiger partial charge is 0.462 e. The number of ether oxygens (including phenoxy) is 3. The highest BCUT2D eigenvalue weighted by Gasteiger charge is 2.19. The molecule has 0 N–H and O–H groups in total. The van der Waals surface area contributed by atoms with Crippen molar-refractivity contribution in [3.63, 3.8) is 0 Å². The maximum Gasteiger partial charge on any atom is 0.306 e. The Morgan fingerprint density at radius 1 is 0.299 bits per heavy atom. The average Bonchev–Trinajstić information content (AvgIpc) is 3.33. The highest BCUT2D eigenvalue weighted by molar-refractivity contribution is 5.71. The Morgan fingerprint density at radius 3 is 0.925 bits per heavy atom. The molecule has 67 heavy (non-hydrogen) atoms. The van der Waals surface area contributed by atoms with Crippen LogP contribution in [0.15, 0.2) is 72.9 Å². The second-order valence-corrected chi connectivity index (χ2v) is 18.8. The van der Waals surface area contributed by atoms with Crippen molar-refractivity contribution in [3.8, 4) is 0 Å². The Hall–Kier alpha value is -3.15. The van der Waals surface area contributed by atoms with Crippen LogP contribution in [0.1, 0.15) is 278 Å². The maximum absolute atomic E-state index is 12.8. The summed E-state index contributed by atoms with van der Waals surface area (Å²) in [6.45, 7) is 6.55. The average molecular weight is 936 g/mol. The fraction of sp³-hybridized carbons (Fsp3) is 0.754. The summed E-state index contributed by atoms with van der Waals surface area (Å²) < 4.78 is 16.8. The molecule has 1 atom stereocenters. The Balaban J connectivity index is 4.44. The van der Waals surface area contributed by atoms with Gasteiger partial charge in [0.2, 0.25) is 0 Å². The van der Waals surface area contributed by atoms with Crippen LogP contribution in [-0.2, 0) is 28.6 Å². The molecule has 0 saturated carbocycles. The molecule has 0 spiro atoms. The standard InChI is InChI=1S/C61H106O6/c1-4-7-10-13-16-19-22-25-28-30-31-32-34-36-39-42-45-48-51-54-60(63)66-57-58(56-65-59(62)53-50-47-44-41-38-35-27-24-21-18-15-12-9-6-3)67-61(64)55-52-49-46-43-40-37-33-29-26-23-20-17-14-11-8-5-2/h15-16,18-19,24-25,27-28,31-32,36,39,58H,4-14,17,20-23,26,29-30,33-35,37-38,40-57H2,1-3H3/b18-15+,19-16+,27-24+,28-25+,32-31+,39-36+/t58-/m1/s1. The third-order valence-electron chi connectivity index (χ3n) is 12.2. The van der Waals surface area contributed by atoms with Crippen LogP contribution in [-0.4, -0.2) is 37.2 Å². The Morgan fingerprint density at radius 2 is 0.552 bits per heavy atom. The van der Waals surface area contributed by atoms with Gasteiger partial charge in [0.05, 0.1) is 0 Å². The number of rotatable bonds is 51. The van der Waals surface area contributed by atoms with Crippen molar-refractivity contribution in [2.24, 2.45) is 0 Å². The van der Waals surface area contributed by atoms with E-state index in [0.717, 1.165) is 109 Å². The second kappa shape index (κ2) is 55.4. The van der Waals surface area contributed by atoms with Gasteiger partial charge in [-0.2, -0.15) is 0 Å². The number of carbonyl (C=O) groups excluding carboxylic acids is 3. The zero-order valence-electron chi connectivity index (χ0n) is 44.2. The monoisotopic (exact) mass is 935 g/mol. The summed E-state index contributed by atoms with van der Waals surface area (Å²) in [6, 6.07) is 0. The minimum Gasteiger partial charge on any atom is -0.462 e. The molecular formula is C61H106O6. The van der Waals surface area contributed by atoms with E-state index in [2.05, 4.69) is 93.7 Å². The summed E-state index contributed by atoms with van der Waals surface area (Å²) in [7, 11) is 0. The topological polar surface area (TPSA) is 78.9 Å². The molecule has 0 aliphatic heterocycles. The lowest BCUT2D eigenvalue weighted by Gasteiger charge is -2.18. The summed E-state index contributed by atoms with van der Waals surface area (Å²) in [5.74, 6) is -0.926. The fourth-order valence-corrected chi connectivity index (χ4v) is 7.85. The third-order valence-corrected chi connectivity index (χ3v) is 12.2. The lowest BCUT2D eigenvalue weighted by Crippen LogP contribution is -2.30.